The molecule has 1 fully saturated rings. The van der Waals surface area contributed by atoms with Crippen LogP contribution in [-0.4, -0.2) is 75.7 Å². The molecule has 10 nitrogen and oxygen atoms in total. The maximum absolute atomic E-state index is 12.7. The van der Waals surface area contributed by atoms with Gasteiger partial charge in [-0.05, 0) is 36.4 Å². The number of aromatic nitrogens is 2. The topological polar surface area (TPSA) is 98.3 Å². The normalized spacial score (nSPS) is 13.3. The number of hydrogen-bond donors (Lipinski definition) is 1. The summed E-state index contributed by atoms with van der Waals surface area (Å²) in [5.74, 6) is 3.01. The highest BCUT2D eigenvalue weighted by atomic mass is 16.5. The molecular weight excluding hydrogens is 450 g/mol. The number of methoxy groups -OCH3 is 4. The Morgan fingerprint density at radius 2 is 1.46 bits per heavy atom. The Morgan fingerprint density at radius 3 is 2.03 bits per heavy atom. The Balaban J connectivity index is 1.40. The molecule has 0 atom stereocenters. The molecule has 2 amide bonds. The summed E-state index contributed by atoms with van der Waals surface area (Å²) in [6.45, 7) is 2.43. The Kier molecular flexibility index (Phi) is 7.39. The Bertz CT molecular complexity index is 1140. The predicted molar refractivity (Wildman–Crippen MR) is 133 cm³/mol. The van der Waals surface area contributed by atoms with Crippen molar-refractivity contribution in [3.05, 3.63) is 48.5 Å². The molecule has 184 valence electrons. The number of rotatable bonds is 7. The number of carbonyl (C=O) groups is 1. The Labute approximate surface area is 204 Å². The number of nitrogens with one attached hydrogen (secondary N) is 1. The molecule has 2 heterocycles. The van der Waals surface area contributed by atoms with Crippen LogP contribution in [-0.2, 0) is 0 Å². The average molecular weight is 480 g/mol. The first-order valence-corrected chi connectivity index (χ1v) is 11.2. The number of hydrogen-bond acceptors (Lipinski definition) is 8. The number of nitrogens with zero attached hydrogens (tertiary/aromatic N) is 4. The van der Waals surface area contributed by atoms with Crippen LogP contribution >= 0.6 is 0 Å². The van der Waals surface area contributed by atoms with Crippen molar-refractivity contribution in [2.24, 2.45) is 0 Å². The van der Waals surface area contributed by atoms with Gasteiger partial charge in [0.2, 0.25) is 5.75 Å². The minimum Gasteiger partial charge on any atom is -0.495 e. The minimum atomic E-state index is -0.155. The van der Waals surface area contributed by atoms with Crippen molar-refractivity contribution in [3.8, 4) is 34.3 Å². The molecule has 1 N–H and O–H groups in total. The summed E-state index contributed by atoms with van der Waals surface area (Å²) in [5.41, 5.74) is 2.13. The summed E-state index contributed by atoms with van der Waals surface area (Å²) in [7, 11) is 6.30. The van der Waals surface area contributed by atoms with Crippen molar-refractivity contribution in [3.63, 3.8) is 0 Å². The lowest BCUT2D eigenvalue weighted by Gasteiger charge is -2.35. The minimum absolute atomic E-state index is 0.155. The molecule has 1 saturated heterocycles. The SMILES string of the molecule is COc1ccccc1NC(=O)N1CCN(c2ccc(-c3cc(OC)c(OC)c(OC)c3)nn2)CC1. The van der Waals surface area contributed by atoms with Gasteiger partial charge in [0, 0.05) is 31.7 Å². The molecule has 0 unspecified atom stereocenters. The Hall–Kier alpha value is -4.21. The lowest BCUT2D eigenvalue weighted by molar-refractivity contribution is 0.208. The standard InChI is InChI=1S/C25H29N5O5/c1-32-20-8-6-5-7-19(20)26-25(31)30-13-11-29(12-14-30)23-10-9-18(27-28-23)17-15-21(33-2)24(35-4)22(16-17)34-3/h5-10,15-16H,11-14H2,1-4H3,(H,26,31). The van der Waals surface area contributed by atoms with E-state index in [9.17, 15) is 4.79 Å². The second-order valence-electron chi connectivity index (χ2n) is 7.80. The molecule has 1 aliphatic heterocycles. The molecular formula is C25H29N5O5. The summed E-state index contributed by atoms with van der Waals surface area (Å²) >= 11 is 0. The van der Waals surface area contributed by atoms with E-state index >= 15 is 0 Å². The number of ether oxygens (including phenoxy) is 4. The smallest absolute Gasteiger partial charge is 0.322 e. The molecule has 10 heteroatoms. The first kappa shape index (κ1) is 23.9. The van der Waals surface area contributed by atoms with Crippen LogP contribution in [0.25, 0.3) is 11.3 Å². The van der Waals surface area contributed by atoms with Crippen LogP contribution in [0.2, 0.25) is 0 Å². The molecule has 0 bridgehead atoms. The van der Waals surface area contributed by atoms with E-state index in [-0.39, 0.29) is 6.03 Å². The Morgan fingerprint density at radius 1 is 0.800 bits per heavy atom. The summed E-state index contributed by atoms with van der Waals surface area (Å²) in [5, 5.41) is 11.8. The first-order chi connectivity index (χ1) is 17.1. The number of benzene rings is 2. The second kappa shape index (κ2) is 10.8. The van der Waals surface area contributed by atoms with Crippen LogP contribution in [0.5, 0.6) is 23.0 Å². The first-order valence-electron chi connectivity index (χ1n) is 11.2. The molecule has 1 aromatic heterocycles. The molecule has 0 radical (unpaired) electrons. The van der Waals surface area contributed by atoms with Gasteiger partial charge in [0.1, 0.15) is 5.75 Å². The summed E-state index contributed by atoms with van der Waals surface area (Å²) < 4.78 is 21.6. The van der Waals surface area contributed by atoms with Gasteiger partial charge in [-0.25, -0.2) is 4.79 Å². The molecule has 0 spiro atoms. The van der Waals surface area contributed by atoms with E-state index in [0.29, 0.717) is 60.6 Å². The number of piperazine rings is 1. The second-order valence-corrected chi connectivity index (χ2v) is 7.80. The lowest BCUT2D eigenvalue weighted by atomic mass is 10.1. The fourth-order valence-electron chi connectivity index (χ4n) is 3.96. The van der Waals surface area contributed by atoms with Gasteiger partial charge >= 0.3 is 6.03 Å². The molecule has 2 aromatic carbocycles. The highest BCUT2D eigenvalue weighted by molar-refractivity contribution is 5.91. The van der Waals surface area contributed by atoms with Crippen molar-refractivity contribution in [2.45, 2.75) is 0 Å². The molecule has 0 aliphatic carbocycles. The quantitative estimate of drug-likeness (QED) is 0.550. The van der Waals surface area contributed by atoms with Crippen molar-refractivity contribution in [1.82, 2.24) is 15.1 Å². The van der Waals surface area contributed by atoms with Gasteiger partial charge in [-0.2, -0.15) is 0 Å². The van der Waals surface area contributed by atoms with Gasteiger partial charge in [-0.3, -0.25) is 0 Å². The van der Waals surface area contributed by atoms with Crippen molar-refractivity contribution in [2.75, 3.05) is 64.8 Å². The zero-order valence-corrected chi connectivity index (χ0v) is 20.3. The lowest BCUT2D eigenvalue weighted by Crippen LogP contribution is -2.50. The van der Waals surface area contributed by atoms with E-state index in [1.165, 1.54) is 0 Å². The highest BCUT2D eigenvalue weighted by Gasteiger charge is 2.23. The van der Waals surface area contributed by atoms with Gasteiger partial charge in [-0.15, -0.1) is 10.2 Å². The zero-order valence-electron chi connectivity index (χ0n) is 20.3. The maximum Gasteiger partial charge on any atom is 0.322 e. The third-order valence-electron chi connectivity index (χ3n) is 5.85. The molecule has 35 heavy (non-hydrogen) atoms. The number of para-hydroxylation sites is 2. The highest BCUT2D eigenvalue weighted by Crippen LogP contribution is 2.40. The van der Waals surface area contributed by atoms with Crippen LogP contribution in [0.4, 0.5) is 16.3 Å². The van der Waals surface area contributed by atoms with Gasteiger partial charge < -0.3 is 34.1 Å². The molecule has 0 saturated carbocycles. The van der Waals surface area contributed by atoms with Crippen molar-refractivity contribution < 1.29 is 23.7 Å². The third-order valence-corrected chi connectivity index (χ3v) is 5.85. The van der Waals surface area contributed by atoms with Gasteiger partial charge in [0.05, 0.1) is 39.8 Å². The largest absolute Gasteiger partial charge is 0.495 e. The van der Waals surface area contributed by atoms with Crippen LogP contribution in [0.1, 0.15) is 0 Å². The van der Waals surface area contributed by atoms with Crippen molar-refractivity contribution >= 4 is 17.5 Å². The van der Waals surface area contributed by atoms with E-state index in [2.05, 4.69) is 20.4 Å². The van der Waals surface area contributed by atoms with Gasteiger partial charge in [0.25, 0.3) is 0 Å². The van der Waals surface area contributed by atoms with Gasteiger partial charge in [0.15, 0.2) is 17.3 Å². The summed E-state index contributed by atoms with van der Waals surface area (Å²) in [6, 6.07) is 14.7. The van der Waals surface area contributed by atoms with E-state index in [1.54, 1.807) is 33.3 Å². The third kappa shape index (κ3) is 5.16. The summed E-state index contributed by atoms with van der Waals surface area (Å²) in [4.78, 5) is 16.6. The fourth-order valence-corrected chi connectivity index (χ4v) is 3.96. The van der Waals surface area contributed by atoms with Crippen molar-refractivity contribution in [1.29, 1.82) is 0 Å². The van der Waals surface area contributed by atoms with Crippen LogP contribution in [0, 0.1) is 0 Å². The van der Waals surface area contributed by atoms with Crippen LogP contribution in [0.15, 0.2) is 48.5 Å². The van der Waals surface area contributed by atoms with E-state index in [4.69, 9.17) is 18.9 Å². The predicted octanol–water partition coefficient (Wildman–Crippen LogP) is 3.53. The zero-order chi connectivity index (χ0) is 24.8. The maximum atomic E-state index is 12.7. The van der Waals surface area contributed by atoms with Gasteiger partial charge in [-0.1, -0.05) is 12.1 Å². The van der Waals surface area contributed by atoms with E-state index in [1.807, 2.05) is 48.5 Å². The van der Waals surface area contributed by atoms with Crippen LogP contribution < -0.4 is 29.2 Å². The van der Waals surface area contributed by atoms with E-state index < -0.39 is 0 Å². The number of carbonyl (C=O) groups excluding carboxylic acids is 1. The number of urea groups is 1. The number of amides is 2. The fraction of sp³-hybridized carbons (Fsp3) is 0.320. The number of anilines is 2. The monoisotopic (exact) mass is 479 g/mol. The molecule has 3 aromatic rings. The van der Waals surface area contributed by atoms with E-state index in [0.717, 1.165) is 11.4 Å². The van der Waals surface area contributed by atoms with Crippen LogP contribution in [0.3, 0.4) is 0 Å². The summed E-state index contributed by atoms with van der Waals surface area (Å²) in [6.07, 6.45) is 0. The molecule has 1 aliphatic rings. The molecule has 4 rings (SSSR count). The average Bonchev–Trinajstić information content (AvgIpc) is 2.92.